The molecule has 6 nitrogen and oxygen atoms in total. The number of aliphatic hydroxyl groups is 2. The molecular weight excluding hydrogens is 204 g/mol. The van der Waals surface area contributed by atoms with Crippen molar-refractivity contribution in [2.75, 3.05) is 19.8 Å². The molecule has 87 valence electrons. The van der Waals surface area contributed by atoms with E-state index in [2.05, 4.69) is 16.4 Å². The lowest BCUT2D eigenvalue weighted by molar-refractivity contribution is -0.157. The van der Waals surface area contributed by atoms with Gasteiger partial charge >= 0.3 is 11.9 Å². The van der Waals surface area contributed by atoms with Crippen molar-refractivity contribution in [3.05, 3.63) is 6.92 Å². The Morgan fingerprint density at radius 2 is 1.67 bits per heavy atom. The predicted molar refractivity (Wildman–Crippen MR) is 49.6 cm³/mol. The maximum absolute atomic E-state index is 10.8. The molecule has 0 amide bonds. The second-order valence-electron chi connectivity index (χ2n) is 2.74. The summed E-state index contributed by atoms with van der Waals surface area (Å²) in [4.78, 5) is 21.6. The fraction of sp³-hybridized carbons (Fsp3) is 0.667. The van der Waals surface area contributed by atoms with Crippen molar-refractivity contribution in [3.8, 4) is 0 Å². The van der Waals surface area contributed by atoms with E-state index >= 15 is 0 Å². The van der Waals surface area contributed by atoms with Gasteiger partial charge in [0.05, 0.1) is 26.1 Å². The molecule has 0 saturated carbocycles. The second-order valence-corrected chi connectivity index (χ2v) is 2.74. The van der Waals surface area contributed by atoms with Crippen LogP contribution in [0.1, 0.15) is 12.8 Å². The van der Waals surface area contributed by atoms with E-state index in [0.717, 1.165) is 0 Å². The predicted octanol–water partition coefficient (Wildman–Crippen LogP) is -0.960. The second kappa shape index (κ2) is 8.19. The number of aliphatic hydroxyl groups excluding tert-OH is 2. The Morgan fingerprint density at radius 3 is 2.20 bits per heavy atom. The van der Waals surface area contributed by atoms with Crippen molar-refractivity contribution < 1.29 is 29.3 Å². The summed E-state index contributed by atoms with van der Waals surface area (Å²) in [5.74, 6) is -1.18. The van der Waals surface area contributed by atoms with Crippen molar-refractivity contribution in [2.45, 2.75) is 18.9 Å². The number of carbonyl (C=O) groups excluding carboxylic acids is 2. The van der Waals surface area contributed by atoms with Gasteiger partial charge in [-0.15, -0.1) is 0 Å². The number of carbonyl (C=O) groups is 2. The van der Waals surface area contributed by atoms with Crippen molar-refractivity contribution in [2.24, 2.45) is 0 Å². The molecule has 15 heavy (non-hydrogen) atoms. The quantitative estimate of drug-likeness (QED) is 0.536. The highest BCUT2D eigenvalue weighted by Gasteiger charge is 2.11. The number of rotatable bonds is 7. The van der Waals surface area contributed by atoms with E-state index in [1.807, 2.05) is 0 Å². The first kappa shape index (κ1) is 13.9. The van der Waals surface area contributed by atoms with Gasteiger partial charge in [-0.1, -0.05) is 0 Å². The molecule has 0 aromatic carbocycles. The summed E-state index contributed by atoms with van der Waals surface area (Å²) in [6.07, 6.45) is -1.01. The van der Waals surface area contributed by atoms with Gasteiger partial charge in [-0.05, 0) is 6.92 Å². The van der Waals surface area contributed by atoms with Crippen LogP contribution in [0.3, 0.4) is 0 Å². The number of hydrogen-bond donors (Lipinski definition) is 2. The molecule has 0 saturated heterocycles. The van der Waals surface area contributed by atoms with Gasteiger partial charge in [0.15, 0.2) is 0 Å². The van der Waals surface area contributed by atoms with Gasteiger partial charge in [0, 0.05) is 0 Å². The highest BCUT2D eigenvalue weighted by atomic mass is 16.6. The van der Waals surface area contributed by atoms with Crippen LogP contribution in [-0.4, -0.2) is 48.1 Å². The number of ether oxygens (including phenoxy) is 2. The van der Waals surface area contributed by atoms with Crippen LogP contribution in [0.25, 0.3) is 0 Å². The van der Waals surface area contributed by atoms with E-state index in [1.54, 1.807) is 0 Å². The van der Waals surface area contributed by atoms with Crippen molar-refractivity contribution in [1.29, 1.82) is 0 Å². The zero-order valence-corrected chi connectivity index (χ0v) is 8.35. The molecule has 1 unspecified atom stereocenters. The zero-order valence-electron chi connectivity index (χ0n) is 8.35. The molecule has 0 rings (SSSR count). The van der Waals surface area contributed by atoms with E-state index in [-0.39, 0.29) is 32.7 Å². The minimum atomic E-state index is -0.799. The molecule has 0 aromatic rings. The SMILES string of the molecule is [CH2]C(COC(=O)CCO)OC(=O)CCO. The van der Waals surface area contributed by atoms with Gasteiger partial charge in [0.1, 0.15) is 12.7 Å². The fourth-order valence-electron chi connectivity index (χ4n) is 0.719. The normalized spacial score (nSPS) is 11.9. The van der Waals surface area contributed by atoms with Crippen LogP contribution in [-0.2, 0) is 19.1 Å². The van der Waals surface area contributed by atoms with E-state index in [4.69, 9.17) is 10.2 Å². The minimum Gasteiger partial charge on any atom is -0.462 e. The number of esters is 2. The molecule has 0 aliphatic rings. The van der Waals surface area contributed by atoms with Crippen molar-refractivity contribution >= 4 is 11.9 Å². The average molecular weight is 219 g/mol. The first-order valence-electron chi connectivity index (χ1n) is 4.50. The highest BCUT2D eigenvalue weighted by molar-refractivity contribution is 5.70. The van der Waals surface area contributed by atoms with E-state index in [0.29, 0.717) is 0 Å². The Bertz CT molecular complexity index is 203. The lowest BCUT2D eigenvalue weighted by atomic mass is 10.4. The molecule has 0 aromatic heterocycles. The minimum absolute atomic E-state index is 0.0999. The van der Waals surface area contributed by atoms with Gasteiger partial charge in [-0.25, -0.2) is 0 Å². The maximum Gasteiger partial charge on any atom is 0.308 e. The summed E-state index contributed by atoms with van der Waals surface area (Å²) in [5.41, 5.74) is 0. The number of hydrogen-bond acceptors (Lipinski definition) is 6. The van der Waals surface area contributed by atoms with Gasteiger partial charge < -0.3 is 19.7 Å². The smallest absolute Gasteiger partial charge is 0.308 e. The summed E-state index contributed by atoms with van der Waals surface area (Å²) in [7, 11) is 0. The molecule has 0 heterocycles. The van der Waals surface area contributed by atoms with Crippen molar-refractivity contribution in [3.63, 3.8) is 0 Å². The standard InChI is InChI=1S/C9H15O6/c1-7(15-9(13)3-5-11)6-14-8(12)2-4-10/h7,10-11H,1-6H2. The highest BCUT2D eigenvalue weighted by Crippen LogP contribution is 1.96. The Balaban J connectivity index is 3.60. The molecule has 6 heteroatoms. The lowest BCUT2D eigenvalue weighted by Crippen LogP contribution is -2.23. The first-order valence-corrected chi connectivity index (χ1v) is 4.50. The van der Waals surface area contributed by atoms with Gasteiger partial charge in [-0.3, -0.25) is 9.59 Å². The maximum atomic E-state index is 10.8. The Morgan fingerprint density at radius 1 is 1.13 bits per heavy atom. The third kappa shape index (κ3) is 7.90. The third-order valence-corrected chi connectivity index (χ3v) is 1.36. The van der Waals surface area contributed by atoms with Gasteiger partial charge in [0.2, 0.25) is 0 Å². The van der Waals surface area contributed by atoms with Crippen LogP contribution < -0.4 is 0 Å². The van der Waals surface area contributed by atoms with E-state index in [9.17, 15) is 9.59 Å². The molecule has 0 aliphatic carbocycles. The molecule has 0 spiro atoms. The van der Waals surface area contributed by atoms with Gasteiger partial charge in [-0.2, -0.15) is 0 Å². The summed E-state index contributed by atoms with van der Waals surface area (Å²) in [6.45, 7) is 2.69. The molecular formula is C9H15O6. The van der Waals surface area contributed by atoms with Gasteiger partial charge in [0.25, 0.3) is 0 Å². The Kier molecular flexibility index (Phi) is 7.57. The Hall–Kier alpha value is -1.14. The Labute approximate surface area is 87.8 Å². The van der Waals surface area contributed by atoms with Crippen LogP contribution in [0.15, 0.2) is 0 Å². The first-order chi connectivity index (χ1) is 7.10. The van der Waals surface area contributed by atoms with Crippen LogP contribution in [0, 0.1) is 6.92 Å². The largest absolute Gasteiger partial charge is 0.462 e. The molecule has 0 bridgehead atoms. The monoisotopic (exact) mass is 219 g/mol. The molecule has 1 atom stereocenters. The van der Waals surface area contributed by atoms with Crippen LogP contribution in [0.4, 0.5) is 0 Å². The molecule has 0 aliphatic heterocycles. The average Bonchev–Trinajstić information content (AvgIpc) is 2.15. The van der Waals surface area contributed by atoms with Crippen LogP contribution >= 0.6 is 0 Å². The summed E-state index contributed by atoms with van der Waals surface area (Å²) < 4.78 is 9.29. The summed E-state index contributed by atoms with van der Waals surface area (Å²) in [5, 5.41) is 16.8. The summed E-state index contributed by atoms with van der Waals surface area (Å²) in [6, 6.07) is 0. The van der Waals surface area contributed by atoms with Crippen LogP contribution in [0.2, 0.25) is 0 Å². The van der Waals surface area contributed by atoms with E-state index in [1.165, 1.54) is 0 Å². The van der Waals surface area contributed by atoms with Crippen LogP contribution in [0.5, 0.6) is 0 Å². The molecule has 0 fully saturated rings. The zero-order chi connectivity index (χ0) is 11.7. The molecule has 2 N–H and O–H groups in total. The van der Waals surface area contributed by atoms with E-state index < -0.39 is 18.0 Å². The topological polar surface area (TPSA) is 93.1 Å². The van der Waals surface area contributed by atoms with Crippen molar-refractivity contribution in [1.82, 2.24) is 0 Å². The lowest BCUT2D eigenvalue weighted by Gasteiger charge is -2.12. The fourth-order valence-corrected chi connectivity index (χ4v) is 0.719. The summed E-state index contributed by atoms with van der Waals surface area (Å²) >= 11 is 0. The molecule has 1 radical (unpaired) electrons. The third-order valence-electron chi connectivity index (χ3n) is 1.36.